The normalized spacial score (nSPS) is 11.7. The predicted octanol–water partition coefficient (Wildman–Crippen LogP) is 0.972. The molecule has 0 unspecified atom stereocenters. The number of anilines is 1. The molecule has 78 valence electrons. The number of rotatable bonds is 3. The molecule has 0 aromatic carbocycles. The van der Waals surface area contributed by atoms with Crippen molar-refractivity contribution in [3.8, 4) is 0 Å². The van der Waals surface area contributed by atoms with Crippen LogP contribution >= 0.6 is 0 Å². The van der Waals surface area contributed by atoms with Crippen LogP contribution in [0.3, 0.4) is 0 Å². The Morgan fingerprint density at radius 1 is 1.43 bits per heavy atom. The summed E-state index contributed by atoms with van der Waals surface area (Å²) < 4.78 is 24.1. The molecular formula is C8H13N3O2S. The zero-order valence-corrected chi connectivity index (χ0v) is 9.17. The Morgan fingerprint density at radius 3 is 2.57 bits per heavy atom. The second-order valence-corrected chi connectivity index (χ2v) is 5.08. The minimum Gasteiger partial charge on any atom is -0.267 e. The Bertz CT molecular complexity index is 414. The Hall–Kier alpha value is -1.17. The van der Waals surface area contributed by atoms with Gasteiger partial charge in [-0.1, -0.05) is 13.8 Å². The van der Waals surface area contributed by atoms with Crippen molar-refractivity contribution in [1.29, 1.82) is 0 Å². The van der Waals surface area contributed by atoms with E-state index in [1.54, 1.807) is 0 Å². The molecule has 0 amide bonds. The Morgan fingerprint density at radius 2 is 2.07 bits per heavy atom. The maximum Gasteiger partial charge on any atom is 0.230 e. The number of aromatic nitrogens is 2. The molecule has 0 aliphatic heterocycles. The van der Waals surface area contributed by atoms with Gasteiger partial charge in [-0.25, -0.2) is 18.4 Å². The van der Waals surface area contributed by atoms with Gasteiger partial charge in [-0.2, -0.15) is 0 Å². The van der Waals surface area contributed by atoms with Crippen molar-refractivity contribution < 1.29 is 8.42 Å². The van der Waals surface area contributed by atoms with Gasteiger partial charge in [0.2, 0.25) is 10.0 Å². The van der Waals surface area contributed by atoms with Gasteiger partial charge < -0.3 is 0 Å². The van der Waals surface area contributed by atoms with E-state index in [1.165, 1.54) is 12.3 Å². The van der Waals surface area contributed by atoms with Crippen LogP contribution in [0.5, 0.6) is 0 Å². The fraction of sp³-hybridized carbons (Fsp3) is 0.500. The minimum absolute atomic E-state index is 0.177. The molecule has 0 atom stereocenters. The Balaban J connectivity index is 2.95. The number of nitrogens with one attached hydrogen (secondary N) is 1. The van der Waals surface area contributed by atoms with E-state index in [0.717, 1.165) is 6.26 Å². The summed E-state index contributed by atoms with van der Waals surface area (Å²) in [5, 5.41) is 0. The van der Waals surface area contributed by atoms with Crippen LogP contribution in [0.1, 0.15) is 25.6 Å². The highest BCUT2D eigenvalue weighted by molar-refractivity contribution is 7.92. The van der Waals surface area contributed by atoms with E-state index < -0.39 is 10.0 Å². The van der Waals surface area contributed by atoms with E-state index in [2.05, 4.69) is 14.7 Å². The third kappa shape index (κ3) is 3.29. The molecule has 0 aliphatic rings. The molecule has 5 nitrogen and oxygen atoms in total. The van der Waals surface area contributed by atoms with Crippen LogP contribution in [0.2, 0.25) is 0 Å². The SMILES string of the molecule is CC(C)c1nccc(NS(C)(=O)=O)n1. The second kappa shape index (κ2) is 3.91. The van der Waals surface area contributed by atoms with E-state index in [9.17, 15) is 8.42 Å². The third-order valence-electron chi connectivity index (χ3n) is 1.48. The predicted molar refractivity (Wildman–Crippen MR) is 54.6 cm³/mol. The van der Waals surface area contributed by atoms with Crippen molar-refractivity contribution in [3.63, 3.8) is 0 Å². The average molecular weight is 215 g/mol. The molecule has 0 spiro atoms. The lowest BCUT2D eigenvalue weighted by atomic mass is 10.2. The fourth-order valence-electron chi connectivity index (χ4n) is 0.899. The lowest BCUT2D eigenvalue weighted by Gasteiger charge is -2.06. The van der Waals surface area contributed by atoms with Gasteiger partial charge in [0.05, 0.1) is 6.26 Å². The number of hydrogen-bond acceptors (Lipinski definition) is 4. The van der Waals surface area contributed by atoms with Crippen molar-refractivity contribution >= 4 is 15.8 Å². The van der Waals surface area contributed by atoms with Crippen molar-refractivity contribution in [1.82, 2.24) is 9.97 Å². The number of hydrogen-bond donors (Lipinski definition) is 1. The molecular weight excluding hydrogens is 202 g/mol. The first-order chi connectivity index (χ1) is 6.38. The number of sulfonamides is 1. The van der Waals surface area contributed by atoms with E-state index in [-0.39, 0.29) is 5.92 Å². The zero-order chi connectivity index (χ0) is 10.8. The molecule has 1 N–H and O–H groups in total. The summed E-state index contributed by atoms with van der Waals surface area (Å²) >= 11 is 0. The first-order valence-electron chi connectivity index (χ1n) is 4.19. The van der Waals surface area contributed by atoms with Crippen LogP contribution in [-0.2, 0) is 10.0 Å². The van der Waals surface area contributed by atoms with E-state index >= 15 is 0 Å². The summed E-state index contributed by atoms with van der Waals surface area (Å²) in [5.74, 6) is 1.11. The summed E-state index contributed by atoms with van der Waals surface area (Å²) in [6.07, 6.45) is 2.63. The van der Waals surface area contributed by atoms with Crippen molar-refractivity contribution in [2.45, 2.75) is 19.8 Å². The van der Waals surface area contributed by atoms with Gasteiger partial charge in [0.1, 0.15) is 11.6 Å². The van der Waals surface area contributed by atoms with Gasteiger partial charge >= 0.3 is 0 Å². The third-order valence-corrected chi connectivity index (χ3v) is 2.06. The molecule has 0 fully saturated rings. The lowest BCUT2D eigenvalue weighted by molar-refractivity contribution is 0.606. The molecule has 1 heterocycles. The zero-order valence-electron chi connectivity index (χ0n) is 8.35. The Kier molecular flexibility index (Phi) is 3.05. The molecule has 0 saturated carbocycles. The minimum atomic E-state index is -3.26. The maximum atomic E-state index is 10.9. The van der Waals surface area contributed by atoms with Gasteiger partial charge in [-0.05, 0) is 6.07 Å². The molecule has 6 heteroatoms. The van der Waals surface area contributed by atoms with E-state index in [1.807, 2.05) is 13.8 Å². The van der Waals surface area contributed by atoms with Crippen molar-refractivity contribution in [3.05, 3.63) is 18.1 Å². The van der Waals surface area contributed by atoms with Gasteiger partial charge in [0.25, 0.3) is 0 Å². The lowest BCUT2D eigenvalue weighted by Crippen LogP contribution is -2.12. The van der Waals surface area contributed by atoms with Gasteiger partial charge in [-0.3, -0.25) is 4.72 Å². The van der Waals surface area contributed by atoms with Crippen molar-refractivity contribution in [2.24, 2.45) is 0 Å². The molecule has 1 rings (SSSR count). The van der Waals surface area contributed by atoms with Gasteiger partial charge in [-0.15, -0.1) is 0 Å². The average Bonchev–Trinajstić information content (AvgIpc) is 2.01. The highest BCUT2D eigenvalue weighted by atomic mass is 32.2. The van der Waals surface area contributed by atoms with Crippen LogP contribution < -0.4 is 4.72 Å². The molecule has 1 aromatic heterocycles. The largest absolute Gasteiger partial charge is 0.267 e. The highest BCUT2D eigenvalue weighted by Crippen LogP contribution is 2.11. The van der Waals surface area contributed by atoms with Gasteiger partial charge in [0, 0.05) is 12.1 Å². The first kappa shape index (κ1) is 10.9. The van der Waals surface area contributed by atoms with Crippen LogP contribution in [0, 0.1) is 0 Å². The topological polar surface area (TPSA) is 72.0 Å². The van der Waals surface area contributed by atoms with E-state index in [0.29, 0.717) is 11.6 Å². The maximum absolute atomic E-state index is 10.9. The molecule has 0 radical (unpaired) electrons. The first-order valence-corrected chi connectivity index (χ1v) is 6.08. The van der Waals surface area contributed by atoms with Crippen LogP contribution in [-0.4, -0.2) is 24.6 Å². The van der Waals surface area contributed by atoms with Crippen molar-refractivity contribution in [2.75, 3.05) is 11.0 Å². The summed E-state index contributed by atoms with van der Waals surface area (Å²) in [5.41, 5.74) is 0. The standard InChI is InChI=1S/C8H13N3O2S/c1-6(2)8-9-5-4-7(10-8)11-14(3,12)13/h4-6H,1-3H3,(H,9,10,11). The summed E-state index contributed by atoms with van der Waals surface area (Å²) in [6.45, 7) is 3.89. The van der Waals surface area contributed by atoms with Crippen LogP contribution in [0.15, 0.2) is 12.3 Å². The van der Waals surface area contributed by atoms with Crippen LogP contribution in [0.4, 0.5) is 5.82 Å². The molecule has 0 aliphatic carbocycles. The molecule has 0 saturated heterocycles. The monoisotopic (exact) mass is 215 g/mol. The summed E-state index contributed by atoms with van der Waals surface area (Å²) in [6, 6.07) is 1.52. The molecule has 1 aromatic rings. The van der Waals surface area contributed by atoms with Gasteiger partial charge in [0.15, 0.2) is 0 Å². The smallest absolute Gasteiger partial charge is 0.230 e. The fourth-order valence-corrected chi connectivity index (χ4v) is 1.39. The quantitative estimate of drug-likeness (QED) is 0.815. The molecule has 14 heavy (non-hydrogen) atoms. The second-order valence-electron chi connectivity index (χ2n) is 3.33. The highest BCUT2D eigenvalue weighted by Gasteiger charge is 2.06. The molecule has 0 bridgehead atoms. The van der Waals surface area contributed by atoms with Crippen LogP contribution in [0.25, 0.3) is 0 Å². The number of nitrogens with zero attached hydrogens (tertiary/aromatic N) is 2. The Labute approximate surface area is 83.6 Å². The van der Waals surface area contributed by atoms with E-state index in [4.69, 9.17) is 0 Å². The summed E-state index contributed by atoms with van der Waals surface area (Å²) in [4.78, 5) is 8.08. The summed E-state index contributed by atoms with van der Waals surface area (Å²) in [7, 11) is -3.26.